The summed E-state index contributed by atoms with van der Waals surface area (Å²) in [5.41, 5.74) is 0. The van der Waals surface area contributed by atoms with E-state index in [1.165, 1.54) is 0 Å². The minimum atomic E-state index is -1.15. The predicted molar refractivity (Wildman–Crippen MR) is 80.1 cm³/mol. The van der Waals surface area contributed by atoms with Gasteiger partial charge in [-0.2, -0.15) is 0 Å². The van der Waals surface area contributed by atoms with E-state index >= 15 is 0 Å². The predicted octanol–water partition coefficient (Wildman–Crippen LogP) is 1.56. The van der Waals surface area contributed by atoms with E-state index in [2.05, 4.69) is 21.2 Å². The van der Waals surface area contributed by atoms with Gasteiger partial charge < -0.3 is 20.3 Å². The van der Waals surface area contributed by atoms with Gasteiger partial charge in [-0.1, -0.05) is 15.9 Å². The summed E-state index contributed by atoms with van der Waals surface area (Å²) in [4.78, 5) is 22.4. The van der Waals surface area contributed by atoms with Crippen molar-refractivity contribution >= 4 is 27.8 Å². The van der Waals surface area contributed by atoms with E-state index in [1.807, 2.05) is 24.3 Å². The van der Waals surface area contributed by atoms with E-state index in [0.717, 1.165) is 4.47 Å². The molecule has 0 saturated heterocycles. The lowest BCUT2D eigenvalue weighted by atomic mass is 10.2. The van der Waals surface area contributed by atoms with Gasteiger partial charge in [0.2, 0.25) is 5.91 Å². The number of carboxylic acid groups (broad SMARTS) is 1. The van der Waals surface area contributed by atoms with Crippen LogP contribution in [0.3, 0.4) is 0 Å². The number of hydrogen-bond acceptors (Lipinski definition) is 4. The fourth-order valence-corrected chi connectivity index (χ4v) is 1.87. The zero-order valence-corrected chi connectivity index (χ0v) is 13.0. The molecule has 0 unspecified atom stereocenters. The van der Waals surface area contributed by atoms with Crippen molar-refractivity contribution in [2.75, 3.05) is 13.2 Å². The van der Waals surface area contributed by atoms with E-state index in [4.69, 9.17) is 14.9 Å². The average molecular weight is 360 g/mol. The maximum atomic E-state index is 11.6. The molecule has 1 amide bonds. The molecule has 7 heteroatoms. The van der Waals surface area contributed by atoms with Crippen LogP contribution >= 0.6 is 15.9 Å². The van der Waals surface area contributed by atoms with Gasteiger partial charge in [0.05, 0.1) is 6.61 Å². The lowest BCUT2D eigenvalue weighted by Crippen LogP contribution is -2.41. The summed E-state index contributed by atoms with van der Waals surface area (Å²) in [6, 6.07) is 6.29. The highest BCUT2D eigenvalue weighted by molar-refractivity contribution is 9.10. The number of benzene rings is 1. The van der Waals surface area contributed by atoms with E-state index < -0.39 is 12.0 Å². The molecule has 1 atom stereocenters. The number of carbonyl (C=O) groups excluding carboxylic acids is 1. The Bertz CT molecular complexity index is 463. The van der Waals surface area contributed by atoms with Crippen LogP contribution < -0.4 is 10.1 Å². The summed E-state index contributed by atoms with van der Waals surface area (Å²) in [6.07, 6.45) is 0.648. The summed E-state index contributed by atoms with van der Waals surface area (Å²) >= 11 is 3.32. The topological polar surface area (TPSA) is 95.9 Å². The molecule has 0 aromatic heterocycles. The van der Waals surface area contributed by atoms with Crippen molar-refractivity contribution in [3.8, 4) is 5.75 Å². The zero-order valence-electron chi connectivity index (χ0n) is 11.4. The second kappa shape index (κ2) is 9.36. The third-order valence-electron chi connectivity index (χ3n) is 2.68. The molecule has 1 aromatic rings. The first kappa shape index (κ1) is 17.5. The third kappa shape index (κ3) is 7.10. The molecule has 0 radical (unpaired) electrons. The van der Waals surface area contributed by atoms with Gasteiger partial charge in [-0.3, -0.25) is 4.79 Å². The standard InChI is InChI=1S/C14H18BrNO5/c15-10-3-5-11(6-4-10)21-9-1-2-13(18)16-12(7-8-17)14(19)20/h3-6,12,17H,1-2,7-9H2,(H,16,18)(H,19,20)/t12-/m0/s1. The van der Waals surface area contributed by atoms with Gasteiger partial charge in [0.1, 0.15) is 11.8 Å². The monoisotopic (exact) mass is 359 g/mol. The molecule has 21 heavy (non-hydrogen) atoms. The lowest BCUT2D eigenvalue weighted by Gasteiger charge is -2.13. The number of aliphatic hydroxyl groups is 1. The maximum absolute atomic E-state index is 11.6. The Balaban J connectivity index is 2.23. The molecular formula is C14H18BrNO5. The Morgan fingerprint density at radius 3 is 2.52 bits per heavy atom. The highest BCUT2D eigenvalue weighted by Crippen LogP contribution is 2.16. The van der Waals surface area contributed by atoms with Crippen molar-refractivity contribution in [2.24, 2.45) is 0 Å². The molecule has 0 aliphatic rings. The molecule has 1 rings (SSSR count). The molecule has 0 saturated carbocycles. The molecule has 0 fully saturated rings. The van der Waals surface area contributed by atoms with Crippen LogP contribution in [-0.4, -0.2) is 41.3 Å². The molecule has 6 nitrogen and oxygen atoms in total. The number of nitrogens with one attached hydrogen (secondary N) is 1. The molecular weight excluding hydrogens is 342 g/mol. The van der Waals surface area contributed by atoms with Gasteiger partial charge in [-0.15, -0.1) is 0 Å². The highest BCUT2D eigenvalue weighted by atomic mass is 79.9. The van der Waals surface area contributed by atoms with Crippen LogP contribution in [0.25, 0.3) is 0 Å². The molecule has 0 bridgehead atoms. The van der Waals surface area contributed by atoms with Crippen molar-refractivity contribution in [1.82, 2.24) is 5.32 Å². The summed E-state index contributed by atoms with van der Waals surface area (Å²) in [5, 5.41) is 19.9. The first-order valence-electron chi connectivity index (χ1n) is 6.54. The van der Waals surface area contributed by atoms with Crippen LogP contribution in [0.5, 0.6) is 5.75 Å². The quantitative estimate of drug-likeness (QED) is 0.581. The first-order chi connectivity index (χ1) is 10.0. The number of halogens is 1. The molecule has 0 aliphatic carbocycles. The summed E-state index contributed by atoms with van der Waals surface area (Å²) in [5.74, 6) is -0.805. The molecule has 0 spiro atoms. The van der Waals surface area contributed by atoms with Gasteiger partial charge in [-0.25, -0.2) is 4.79 Å². The molecule has 3 N–H and O–H groups in total. The van der Waals surface area contributed by atoms with E-state index in [1.54, 1.807) is 0 Å². The number of carboxylic acids is 1. The number of amides is 1. The van der Waals surface area contributed by atoms with E-state index in [0.29, 0.717) is 18.8 Å². The second-order valence-electron chi connectivity index (χ2n) is 4.38. The van der Waals surface area contributed by atoms with Crippen LogP contribution in [0, 0.1) is 0 Å². The Hall–Kier alpha value is -1.60. The van der Waals surface area contributed by atoms with Gasteiger partial charge in [0, 0.05) is 23.9 Å². The lowest BCUT2D eigenvalue weighted by molar-refractivity contribution is -0.142. The van der Waals surface area contributed by atoms with Gasteiger partial charge in [-0.05, 0) is 30.7 Å². The van der Waals surface area contributed by atoms with E-state index in [-0.39, 0.29) is 25.4 Å². The Morgan fingerprint density at radius 2 is 1.95 bits per heavy atom. The summed E-state index contributed by atoms with van der Waals surface area (Å²) < 4.78 is 6.41. The number of aliphatic hydroxyl groups excluding tert-OH is 1. The van der Waals surface area contributed by atoms with Crippen LogP contribution in [0.1, 0.15) is 19.3 Å². The van der Waals surface area contributed by atoms with E-state index in [9.17, 15) is 9.59 Å². The average Bonchev–Trinajstić information content (AvgIpc) is 2.45. The van der Waals surface area contributed by atoms with Crippen LogP contribution in [0.4, 0.5) is 0 Å². The SMILES string of the molecule is O=C(CCCOc1ccc(Br)cc1)N[C@@H](CCO)C(=O)O. The van der Waals surface area contributed by atoms with Gasteiger partial charge in [0.15, 0.2) is 0 Å². The van der Waals surface area contributed by atoms with Gasteiger partial charge in [0.25, 0.3) is 0 Å². The number of carbonyl (C=O) groups is 2. The fourth-order valence-electron chi connectivity index (χ4n) is 1.61. The minimum absolute atomic E-state index is 0.00351. The normalized spacial score (nSPS) is 11.7. The maximum Gasteiger partial charge on any atom is 0.326 e. The largest absolute Gasteiger partial charge is 0.494 e. The van der Waals surface area contributed by atoms with Crippen LogP contribution in [0.2, 0.25) is 0 Å². The third-order valence-corrected chi connectivity index (χ3v) is 3.21. The Kier molecular flexibility index (Phi) is 7.78. The number of hydrogen-bond donors (Lipinski definition) is 3. The zero-order chi connectivity index (χ0) is 15.7. The van der Waals surface area contributed by atoms with Crippen molar-refractivity contribution in [3.05, 3.63) is 28.7 Å². The smallest absolute Gasteiger partial charge is 0.326 e. The van der Waals surface area contributed by atoms with Crippen molar-refractivity contribution in [2.45, 2.75) is 25.3 Å². The Morgan fingerprint density at radius 1 is 1.29 bits per heavy atom. The molecule has 116 valence electrons. The fraction of sp³-hybridized carbons (Fsp3) is 0.429. The summed E-state index contributed by atoms with van der Waals surface area (Å²) in [6.45, 7) is 0.0801. The molecule has 1 aromatic carbocycles. The van der Waals surface area contributed by atoms with Crippen LogP contribution in [0.15, 0.2) is 28.7 Å². The van der Waals surface area contributed by atoms with Crippen molar-refractivity contribution in [1.29, 1.82) is 0 Å². The summed E-state index contributed by atoms with van der Waals surface area (Å²) in [7, 11) is 0. The number of aliphatic carboxylic acids is 1. The first-order valence-corrected chi connectivity index (χ1v) is 7.33. The molecule has 0 aliphatic heterocycles. The number of ether oxygens (including phenoxy) is 1. The minimum Gasteiger partial charge on any atom is -0.494 e. The highest BCUT2D eigenvalue weighted by Gasteiger charge is 2.18. The van der Waals surface area contributed by atoms with Crippen molar-refractivity contribution in [3.63, 3.8) is 0 Å². The molecule has 0 heterocycles. The second-order valence-corrected chi connectivity index (χ2v) is 5.29. The van der Waals surface area contributed by atoms with Gasteiger partial charge >= 0.3 is 5.97 Å². The van der Waals surface area contributed by atoms with Crippen molar-refractivity contribution < 1.29 is 24.5 Å². The number of rotatable bonds is 9. The van der Waals surface area contributed by atoms with Crippen LogP contribution in [-0.2, 0) is 9.59 Å². The Labute approximate surface area is 131 Å².